The summed E-state index contributed by atoms with van der Waals surface area (Å²) in [6, 6.07) is 25.2. The van der Waals surface area contributed by atoms with E-state index < -0.39 is 6.10 Å². The van der Waals surface area contributed by atoms with Gasteiger partial charge in [-0.05, 0) is 40.3 Å². The van der Waals surface area contributed by atoms with Crippen molar-refractivity contribution in [1.82, 2.24) is 4.90 Å². The highest BCUT2D eigenvalue weighted by atomic mass is 16.3. The number of rotatable bonds is 8. The summed E-state index contributed by atoms with van der Waals surface area (Å²) in [4.78, 5) is 2.45. The molecule has 3 rings (SSSR count). The molecule has 0 bridgehead atoms. The minimum absolute atomic E-state index is 0.426. The number of aliphatic hydroxyl groups is 1. The summed E-state index contributed by atoms with van der Waals surface area (Å²) in [6.45, 7) is 7.36. The molecule has 0 aromatic heterocycles. The normalized spacial score (nSPS) is 12.8. The molecule has 0 spiro atoms. The molecule has 1 N–H and O–H groups in total. The third-order valence-corrected chi connectivity index (χ3v) is 4.75. The second kappa shape index (κ2) is 8.98. The third kappa shape index (κ3) is 5.17. The van der Waals surface area contributed by atoms with E-state index in [1.54, 1.807) is 0 Å². The van der Waals surface area contributed by atoms with Gasteiger partial charge in [0, 0.05) is 19.6 Å². The molecule has 0 aliphatic carbocycles. The summed E-state index contributed by atoms with van der Waals surface area (Å²) in [5, 5.41) is 13.1. The topological polar surface area (TPSA) is 23.5 Å². The van der Waals surface area contributed by atoms with Gasteiger partial charge in [-0.3, -0.25) is 4.90 Å². The monoisotopic (exact) mass is 347 g/mol. The second-order valence-electron chi connectivity index (χ2n) is 7.53. The van der Waals surface area contributed by atoms with Crippen molar-refractivity contribution in [2.45, 2.75) is 32.9 Å². The van der Waals surface area contributed by atoms with Gasteiger partial charge in [0.15, 0.2) is 0 Å². The van der Waals surface area contributed by atoms with Gasteiger partial charge in [0.25, 0.3) is 0 Å². The molecule has 0 fully saturated rings. The first-order chi connectivity index (χ1) is 12.6. The molecule has 0 radical (unpaired) electrons. The van der Waals surface area contributed by atoms with Crippen molar-refractivity contribution in [3.05, 3.63) is 83.9 Å². The van der Waals surface area contributed by atoms with E-state index in [9.17, 15) is 5.11 Å². The Kier molecular flexibility index (Phi) is 6.43. The van der Waals surface area contributed by atoms with Gasteiger partial charge in [0.05, 0.1) is 6.10 Å². The fourth-order valence-corrected chi connectivity index (χ4v) is 3.48. The minimum Gasteiger partial charge on any atom is -0.388 e. The zero-order valence-corrected chi connectivity index (χ0v) is 15.8. The summed E-state index contributed by atoms with van der Waals surface area (Å²) in [7, 11) is 0. The quantitative estimate of drug-likeness (QED) is 0.588. The van der Waals surface area contributed by atoms with Crippen molar-refractivity contribution in [3.63, 3.8) is 0 Å². The van der Waals surface area contributed by atoms with Gasteiger partial charge >= 0.3 is 0 Å². The van der Waals surface area contributed by atoms with Gasteiger partial charge in [0.2, 0.25) is 0 Å². The lowest BCUT2D eigenvalue weighted by Crippen LogP contribution is -2.29. The molecule has 136 valence electrons. The predicted octanol–water partition coefficient (Wildman–Crippen LogP) is 5.42. The number of nitrogens with zero attached hydrogens (tertiary/aromatic N) is 1. The predicted molar refractivity (Wildman–Crippen MR) is 110 cm³/mol. The van der Waals surface area contributed by atoms with Gasteiger partial charge in [0.1, 0.15) is 0 Å². The van der Waals surface area contributed by atoms with Gasteiger partial charge < -0.3 is 5.11 Å². The Bertz CT molecular complexity index is 813. The largest absolute Gasteiger partial charge is 0.388 e. The molecular formula is C24H29NO. The molecular weight excluding hydrogens is 318 g/mol. The van der Waals surface area contributed by atoms with Crippen LogP contribution in [0.5, 0.6) is 0 Å². The smallest absolute Gasteiger partial charge is 0.0802 e. The molecule has 2 heteroatoms. The zero-order chi connectivity index (χ0) is 18.4. The van der Waals surface area contributed by atoms with E-state index >= 15 is 0 Å². The van der Waals surface area contributed by atoms with Gasteiger partial charge in [-0.15, -0.1) is 0 Å². The summed E-state index contributed by atoms with van der Waals surface area (Å²) >= 11 is 0. The van der Waals surface area contributed by atoms with E-state index in [-0.39, 0.29) is 0 Å². The molecule has 3 aromatic carbocycles. The van der Waals surface area contributed by atoms with Crippen LogP contribution < -0.4 is 0 Å². The molecule has 1 atom stereocenters. The van der Waals surface area contributed by atoms with Gasteiger partial charge in [-0.1, -0.05) is 80.6 Å². The van der Waals surface area contributed by atoms with Gasteiger partial charge in [-0.2, -0.15) is 0 Å². The van der Waals surface area contributed by atoms with Gasteiger partial charge in [-0.25, -0.2) is 0 Å². The van der Waals surface area contributed by atoms with Crippen molar-refractivity contribution in [3.8, 4) is 0 Å². The molecule has 0 aliphatic heterocycles. The SMILES string of the molecule is CC(C)CN(CCC(O)c1ccc2ccccc2c1)Cc1ccccc1. The summed E-state index contributed by atoms with van der Waals surface area (Å²) in [5.41, 5.74) is 2.33. The first-order valence-electron chi connectivity index (χ1n) is 9.55. The van der Waals surface area contributed by atoms with Crippen LogP contribution in [0, 0.1) is 5.92 Å². The van der Waals surface area contributed by atoms with E-state index in [2.05, 4.69) is 79.4 Å². The first-order valence-corrected chi connectivity index (χ1v) is 9.55. The fourth-order valence-electron chi connectivity index (χ4n) is 3.48. The lowest BCUT2D eigenvalue weighted by atomic mass is 10.0. The molecule has 0 saturated heterocycles. The Morgan fingerprint density at radius 3 is 2.27 bits per heavy atom. The van der Waals surface area contributed by atoms with Crippen LogP contribution in [0.3, 0.4) is 0 Å². The Hall–Kier alpha value is -2.16. The fraction of sp³-hybridized carbons (Fsp3) is 0.333. The van der Waals surface area contributed by atoms with Crippen LogP contribution in [0.1, 0.15) is 37.5 Å². The van der Waals surface area contributed by atoms with E-state index in [0.29, 0.717) is 5.92 Å². The average Bonchev–Trinajstić information content (AvgIpc) is 2.66. The van der Waals surface area contributed by atoms with Crippen LogP contribution in [0.25, 0.3) is 10.8 Å². The summed E-state index contributed by atoms with van der Waals surface area (Å²) in [5.74, 6) is 0.608. The van der Waals surface area contributed by atoms with Crippen molar-refractivity contribution < 1.29 is 5.11 Å². The van der Waals surface area contributed by atoms with Crippen LogP contribution >= 0.6 is 0 Å². The summed E-state index contributed by atoms with van der Waals surface area (Å²) < 4.78 is 0. The van der Waals surface area contributed by atoms with E-state index in [0.717, 1.165) is 31.6 Å². The first kappa shape index (κ1) is 18.6. The Balaban J connectivity index is 1.64. The Labute approximate surface area is 157 Å². The maximum atomic E-state index is 10.7. The van der Waals surface area contributed by atoms with Crippen LogP contribution in [0.15, 0.2) is 72.8 Å². The van der Waals surface area contributed by atoms with Crippen molar-refractivity contribution in [2.75, 3.05) is 13.1 Å². The molecule has 1 unspecified atom stereocenters. The molecule has 0 heterocycles. The van der Waals surface area contributed by atoms with Crippen LogP contribution in [0.4, 0.5) is 0 Å². The number of hydrogen-bond donors (Lipinski definition) is 1. The minimum atomic E-state index is -0.426. The second-order valence-corrected chi connectivity index (χ2v) is 7.53. The third-order valence-electron chi connectivity index (χ3n) is 4.75. The molecule has 0 saturated carbocycles. The average molecular weight is 348 g/mol. The van der Waals surface area contributed by atoms with Crippen LogP contribution in [-0.2, 0) is 6.54 Å². The summed E-state index contributed by atoms with van der Waals surface area (Å²) in [6.07, 6.45) is 0.322. The number of aliphatic hydroxyl groups excluding tert-OH is 1. The Morgan fingerprint density at radius 1 is 0.846 bits per heavy atom. The van der Waals surface area contributed by atoms with E-state index in [1.807, 2.05) is 12.1 Å². The number of hydrogen-bond acceptors (Lipinski definition) is 2. The lowest BCUT2D eigenvalue weighted by molar-refractivity contribution is 0.134. The number of fused-ring (bicyclic) bond motifs is 1. The van der Waals surface area contributed by atoms with Crippen molar-refractivity contribution in [2.24, 2.45) is 5.92 Å². The maximum Gasteiger partial charge on any atom is 0.0802 e. The van der Waals surface area contributed by atoms with E-state index in [1.165, 1.54) is 16.3 Å². The van der Waals surface area contributed by atoms with Crippen molar-refractivity contribution >= 4 is 10.8 Å². The lowest BCUT2D eigenvalue weighted by Gasteiger charge is -2.25. The zero-order valence-electron chi connectivity index (χ0n) is 15.8. The molecule has 26 heavy (non-hydrogen) atoms. The maximum absolute atomic E-state index is 10.7. The highest BCUT2D eigenvalue weighted by Gasteiger charge is 2.13. The van der Waals surface area contributed by atoms with Crippen molar-refractivity contribution in [1.29, 1.82) is 0 Å². The molecule has 3 aromatic rings. The van der Waals surface area contributed by atoms with Crippen LogP contribution in [-0.4, -0.2) is 23.1 Å². The highest BCUT2D eigenvalue weighted by molar-refractivity contribution is 5.83. The number of benzene rings is 3. The molecule has 2 nitrogen and oxygen atoms in total. The van der Waals surface area contributed by atoms with Crippen LogP contribution in [0.2, 0.25) is 0 Å². The molecule has 0 aliphatic rings. The highest BCUT2D eigenvalue weighted by Crippen LogP contribution is 2.23. The van der Waals surface area contributed by atoms with E-state index in [4.69, 9.17) is 0 Å². The Morgan fingerprint density at radius 2 is 1.54 bits per heavy atom. The molecule has 0 amide bonds. The standard InChI is InChI=1S/C24H29NO/c1-19(2)17-25(18-20-8-4-3-5-9-20)15-14-24(26)23-13-12-21-10-6-7-11-22(21)16-23/h3-13,16,19,24,26H,14-15,17-18H2,1-2H3.